The van der Waals surface area contributed by atoms with Gasteiger partial charge in [-0.25, -0.2) is 17.8 Å². The molecule has 1 amide bonds. The molecule has 34 heavy (non-hydrogen) atoms. The molecule has 0 aliphatic heterocycles. The van der Waals surface area contributed by atoms with E-state index in [-0.39, 0.29) is 34.6 Å². The van der Waals surface area contributed by atoms with Gasteiger partial charge in [0, 0.05) is 0 Å². The lowest BCUT2D eigenvalue weighted by Crippen LogP contribution is -2.33. The Morgan fingerprint density at radius 2 is 1.65 bits per heavy atom. The van der Waals surface area contributed by atoms with Crippen molar-refractivity contribution in [1.82, 2.24) is 19.7 Å². The smallest absolute Gasteiger partial charge is 0.266 e. The number of alkyl halides is 6. The van der Waals surface area contributed by atoms with E-state index in [1.54, 1.807) is 19.1 Å². The van der Waals surface area contributed by atoms with E-state index in [2.05, 4.69) is 10.3 Å². The zero-order valence-corrected chi connectivity index (χ0v) is 18.7. The average Bonchev–Trinajstić information content (AvgIpc) is 3.07. The summed E-state index contributed by atoms with van der Waals surface area (Å²) in [5.74, 6) is -1.50. The van der Waals surface area contributed by atoms with E-state index in [1.807, 2.05) is 0 Å². The highest BCUT2D eigenvalue weighted by Crippen LogP contribution is 2.38. The molecule has 182 valence electrons. The first kappa shape index (κ1) is 25.5. The molecule has 1 aromatic heterocycles. The Hall–Kier alpha value is -3.13. The number of carbonyl (C=O) groups is 1. The number of nitrogens with zero attached hydrogens (tertiary/aromatic N) is 3. The van der Waals surface area contributed by atoms with E-state index in [1.165, 1.54) is 17.7 Å². The third kappa shape index (κ3) is 5.01. The Balaban J connectivity index is 2.02. The van der Waals surface area contributed by atoms with E-state index in [4.69, 9.17) is 11.6 Å². The molecule has 3 aromatic rings. The van der Waals surface area contributed by atoms with Gasteiger partial charge in [0.2, 0.25) is 0 Å². The predicted molar refractivity (Wildman–Crippen MR) is 107 cm³/mol. The minimum Gasteiger partial charge on any atom is -0.266 e. The van der Waals surface area contributed by atoms with Crippen molar-refractivity contribution in [2.75, 3.05) is 0 Å². The van der Waals surface area contributed by atoms with Gasteiger partial charge < -0.3 is 0 Å². The van der Waals surface area contributed by atoms with Crippen LogP contribution >= 0.6 is 11.6 Å². The molecule has 0 saturated heterocycles. The molecule has 0 atom stereocenters. The number of hydrogen-bond acceptors (Lipinski definition) is 5. The Bertz CT molecular complexity index is 1380. The van der Waals surface area contributed by atoms with E-state index in [0.717, 1.165) is 10.2 Å². The molecule has 0 saturated carbocycles. The summed E-state index contributed by atoms with van der Waals surface area (Å²) in [5.41, 5.74) is -3.08. The van der Waals surface area contributed by atoms with Crippen LogP contribution in [0.2, 0.25) is 5.02 Å². The van der Waals surface area contributed by atoms with Crippen LogP contribution in [0.4, 0.5) is 26.3 Å². The van der Waals surface area contributed by atoms with Gasteiger partial charge in [-0.15, -0.1) is 5.10 Å². The maximum absolute atomic E-state index is 13.3. The second kappa shape index (κ2) is 8.58. The number of amides is 1. The molecule has 0 radical (unpaired) electrons. The summed E-state index contributed by atoms with van der Waals surface area (Å²) < 4.78 is 106. The fourth-order valence-corrected chi connectivity index (χ4v) is 4.45. The van der Waals surface area contributed by atoms with Crippen LogP contribution in [-0.4, -0.2) is 29.3 Å². The average molecular weight is 527 g/mol. The summed E-state index contributed by atoms with van der Waals surface area (Å²) in [6.07, 6.45) is -10.5. The van der Waals surface area contributed by atoms with Gasteiger partial charge in [-0.1, -0.05) is 22.9 Å². The minimum absolute atomic E-state index is 0.0250. The Kier molecular flexibility index (Phi) is 6.43. The van der Waals surface area contributed by atoms with E-state index < -0.39 is 50.0 Å². The van der Waals surface area contributed by atoms with Crippen molar-refractivity contribution in [3.8, 4) is 5.69 Å². The molecule has 0 aliphatic carbocycles. The van der Waals surface area contributed by atoms with Crippen molar-refractivity contribution in [3.63, 3.8) is 0 Å². The maximum atomic E-state index is 13.3. The minimum atomic E-state index is -5.41. The lowest BCUT2D eigenvalue weighted by Gasteiger charge is -2.16. The van der Waals surface area contributed by atoms with Gasteiger partial charge in [0.15, 0.2) is 5.69 Å². The highest BCUT2D eigenvalue weighted by Gasteiger charge is 2.41. The third-order valence-electron chi connectivity index (χ3n) is 4.57. The van der Waals surface area contributed by atoms with Crippen LogP contribution in [0, 0.1) is 13.8 Å². The molecular weight excluding hydrogens is 514 g/mol. The lowest BCUT2D eigenvalue weighted by molar-refractivity contribution is -0.143. The van der Waals surface area contributed by atoms with Gasteiger partial charge >= 0.3 is 12.4 Å². The predicted octanol–water partition coefficient (Wildman–Crippen LogP) is 4.69. The van der Waals surface area contributed by atoms with Crippen molar-refractivity contribution in [2.24, 2.45) is 0 Å². The van der Waals surface area contributed by atoms with Gasteiger partial charge in [0.1, 0.15) is 4.90 Å². The SMILES string of the molecule is Cc1ccc(-n2nnc(C(=O)NS(=O)(=O)c3cc(C(F)(F)F)ccc3C(F)(F)F)c2C)c(Cl)c1. The first-order valence-electron chi connectivity index (χ1n) is 9.07. The number of rotatable bonds is 4. The summed E-state index contributed by atoms with van der Waals surface area (Å²) in [5, 5.41) is 7.45. The molecule has 0 spiro atoms. The molecule has 0 fully saturated rings. The molecule has 1 N–H and O–H groups in total. The zero-order chi connectivity index (χ0) is 25.6. The molecular formula is C19H13ClF6N4O3S. The van der Waals surface area contributed by atoms with E-state index in [9.17, 15) is 39.6 Å². The number of sulfonamides is 1. The Morgan fingerprint density at radius 1 is 1.00 bits per heavy atom. The first-order chi connectivity index (χ1) is 15.5. The van der Waals surface area contributed by atoms with E-state index in [0.29, 0.717) is 0 Å². The Morgan fingerprint density at radius 3 is 2.21 bits per heavy atom. The van der Waals surface area contributed by atoms with Gasteiger partial charge in [0.05, 0.1) is 27.5 Å². The summed E-state index contributed by atoms with van der Waals surface area (Å²) >= 11 is 6.14. The van der Waals surface area contributed by atoms with Crippen LogP contribution < -0.4 is 4.72 Å². The summed E-state index contributed by atoms with van der Waals surface area (Å²) in [6.45, 7) is 3.07. The molecule has 3 rings (SSSR count). The van der Waals surface area contributed by atoms with Crippen molar-refractivity contribution >= 4 is 27.5 Å². The van der Waals surface area contributed by atoms with Gasteiger partial charge in [-0.05, 0) is 49.7 Å². The van der Waals surface area contributed by atoms with Crippen molar-refractivity contribution in [2.45, 2.75) is 31.1 Å². The number of benzene rings is 2. The number of nitrogens with one attached hydrogen (secondary N) is 1. The monoisotopic (exact) mass is 526 g/mol. The molecule has 0 unspecified atom stereocenters. The topological polar surface area (TPSA) is 93.9 Å². The summed E-state index contributed by atoms with van der Waals surface area (Å²) in [7, 11) is -5.41. The number of carbonyl (C=O) groups excluding carboxylic acids is 1. The lowest BCUT2D eigenvalue weighted by atomic mass is 10.1. The van der Waals surface area contributed by atoms with Gasteiger partial charge in [-0.3, -0.25) is 4.79 Å². The fraction of sp³-hybridized carbons (Fsp3) is 0.211. The van der Waals surface area contributed by atoms with Gasteiger partial charge in [0.25, 0.3) is 15.9 Å². The number of aryl methyl sites for hydroxylation is 1. The Labute approximate surface area is 193 Å². The standard InChI is InChI=1S/C19H13ClF6N4O3S/c1-9-3-6-14(13(20)7-9)30-10(2)16(27-29-30)17(31)28-34(32,33)15-8-11(18(21,22)23)4-5-12(15)19(24,25)26/h3-8H,1-2H3,(H,28,31). The number of hydrogen-bond donors (Lipinski definition) is 1. The van der Waals surface area contributed by atoms with Crippen LogP contribution in [-0.2, 0) is 22.4 Å². The zero-order valence-electron chi connectivity index (χ0n) is 17.1. The maximum Gasteiger partial charge on any atom is 0.417 e. The fourth-order valence-electron chi connectivity index (χ4n) is 2.93. The molecule has 2 aromatic carbocycles. The molecule has 0 aliphatic rings. The van der Waals surface area contributed by atoms with Gasteiger partial charge in [-0.2, -0.15) is 26.3 Å². The van der Waals surface area contributed by atoms with Crippen LogP contribution in [0.25, 0.3) is 5.69 Å². The number of halogens is 7. The first-order valence-corrected chi connectivity index (χ1v) is 10.9. The quantitative estimate of drug-likeness (QED) is 0.498. The molecule has 1 heterocycles. The van der Waals surface area contributed by atoms with Crippen molar-refractivity contribution in [3.05, 3.63) is 69.5 Å². The molecule has 7 nitrogen and oxygen atoms in total. The highest BCUT2D eigenvalue weighted by molar-refractivity contribution is 7.90. The second-order valence-corrected chi connectivity index (χ2v) is 9.09. The summed E-state index contributed by atoms with van der Waals surface area (Å²) in [6, 6.07) is 4.64. The third-order valence-corrected chi connectivity index (χ3v) is 6.25. The molecule has 15 heteroatoms. The van der Waals surface area contributed by atoms with Crippen LogP contribution in [0.5, 0.6) is 0 Å². The van der Waals surface area contributed by atoms with Crippen LogP contribution in [0.1, 0.15) is 32.9 Å². The largest absolute Gasteiger partial charge is 0.417 e. The summed E-state index contributed by atoms with van der Waals surface area (Å²) in [4.78, 5) is 10.8. The highest BCUT2D eigenvalue weighted by atomic mass is 35.5. The van der Waals surface area contributed by atoms with Crippen LogP contribution in [0.3, 0.4) is 0 Å². The normalized spacial score (nSPS) is 12.6. The van der Waals surface area contributed by atoms with Crippen molar-refractivity contribution < 1.29 is 39.6 Å². The number of aromatic nitrogens is 3. The van der Waals surface area contributed by atoms with Crippen molar-refractivity contribution in [1.29, 1.82) is 0 Å². The molecule has 0 bridgehead atoms. The van der Waals surface area contributed by atoms with E-state index >= 15 is 0 Å². The van der Waals surface area contributed by atoms with Crippen LogP contribution in [0.15, 0.2) is 41.3 Å². The second-order valence-electron chi connectivity index (χ2n) is 7.03.